The average molecular weight is 318 g/mol. The molecular formula is C13H22N2O3S2. The summed E-state index contributed by atoms with van der Waals surface area (Å²) in [5, 5.41) is 3.04. The molecule has 7 heteroatoms. The van der Waals surface area contributed by atoms with Gasteiger partial charge in [0.05, 0.1) is 11.0 Å². The maximum absolute atomic E-state index is 12.5. The topological polar surface area (TPSA) is 67.4 Å². The Labute approximate surface area is 124 Å². The fourth-order valence-corrected chi connectivity index (χ4v) is 5.37. The quantitative estimate of drug-likeness (QED) is 0.866. The first-order valence-corrected chi connectivity index (χ1v) is 9.10. The zero-order valence-corrected chi connectivity index (χ0v) is 13.7. The minimum absolute atomic E-state index is 0.0317. The van der Waals surface area contributed by atoms with E-state index >= 15 is 0 Å². The number of hydrogen-bond acceptors (Lipinski definition) is 5. The molecule has 1 aliphatic heterocycles. The first-order chi connectivity index (χ1) is 9.42. The molecular weight excluding hydrogens is 296 g/mol. The second-order valence-corrected chi connectivity index (χ2v) is 8.21. The molecule has 1 fully saturated rings. The summed E-state index contributed by atoms with van der Waals surface area (Å²) in [5.74, 6) is 0. The van der Waals surface area contributed by atoms with Crippen molar-refractivity contribution in [3.8, 4) is 0 Å². The Kier molecular flexibility index (Phi) is 5.19. The fraction of sp³-hybridized carbons (Fsp3) is 0.692. The maximum Gasteiger partial charge on any atom is 0.241 e. The Morgan fingerprint density at radius 2 is 2.25 bits per heavy atom. The number of ether oxygens (including phenoxy) is 1. The second kappa shape index (κ2) is 6.53. The predicted molar refractivity (Wildman–Crippen MR) is 80.6 cm³/mol. The van der Waals surface area contributed by atoms with Crippen LogP contribution in [0.15, 0.2) is 11.0 Å². The van der Waals surface area contributed by atoms with Crippen LogP contribution < -0.4 is 10.0 Å². The molecule has 0 amide bonds. The summed E-state index contributed by atoms with van der Waals surface area (Å²) in [6, 6.07) is 1.73. The van der Waals surface area contributed by atoms with Gasteiger partial charge in [0, 0.05) is 28.9 Å². The molecule has 0 saturated carbocycles. The second-order valence-electron chi connectivity index (χ2n) is 5.19. The van der Waals surface area contributed by atoms with Crippen LogP contribution in [0.25, 0.3) is 0 Å². The zero-order valence-electron chi connectivity index (χ0n) is 12.1. The van der Waals surface area contributed by atoms with Gasteiger partial charge in [0.25, 0.3) is 0 Å². The lowest BCUT2D eigenvalue weighted by atomic mass is 10.1. The highest BCUT2D eigenvalue weighted by molar-refractivity contribution is 7.89. The van der Waals surface area contributed by atoms with Gasteiger partial charge >= 0.3 is 0 Å². The molecule has 0 spiro atoms. The van der Waals surface area contributed by atoms with E-state index in [2.05, 4.69) is 10.0 Å². The summed E-state index contributed by atoms with van der Waals surface area (Å²) in [4.78, 5) is 2.28. The molecule has 1 saturated heterocycles. The molecule has 20 heavy (non-hydrogen) atoms. The Hall–Kier alpha value is -0.470. The van der Waals surface area contributed by atoms with Crippen molar-refractivity contribution >= 4 is 21.4 Å². The van der Waals surface area contributed by atoms with Crippen LogP contribution >= 0.6 is 11.3 Å². The highest BCUT2D eigenvalue weighted by Gasteiger charge is 2.27. The Morgan fingerprint density at radius 3 is 2.90 bits per heavy atom. The van der Waals surface area contributed by atoms with Crippen LogP contribution in [0.5, 0.6) is 0 Å². The average Bonchev–Trinajstić information content (AvgIpc) is 2.71. The van der Waals surface area contributed by atoms with Gasteiger partial charge in [-0.15, -0.1) is 11.3 Å². The summed E-state index contributed by atoms with van der Waals surface area (Å²) < 4.78 is 33.2. The number of aryl methyl sites for hydroxylation is 1. The van der Waals surface area contributed by atoms with E-state index in [1.165, 1.54) is 11.3 Å². The third kappa shape index (κ3) is 3.79. The summed E-state index contributed by atoms with van der Waals surface area (Å²) in [6.07, 6.45) is 1.57. The van der Waals surface area contributed by atoms with Crippen molar-refractivity contribution in [3.63, 3.8) is 0 Å². The van der Waals surface area contributed by atoms with E-state index < -0.39 is 10.0 Å². The van der Waals surface area contributed by atoms with Crippen molar-refractivity contribution in [3.05, 3.63) is 15.8 Å². The van der Waals surface area contributed by atoms with E-state index in [9.17, 15) is 8.42 Å². The smallest absolute Gasteiger partial charge is 0.241 e. The highest BCUT2D eigenvalue weighted by atomic mass is 32.2. The van der Waals surface area contributed by atoms with Crippen LogP contribution in [0.3, 0.4) is 0 Å². The van der Waals surface area contributed by atoms with Gasteiger partial charge in [-0.2, -0.15) is 0 Å². The van der Waals surface area contributed by atoms with Crippen molar-refractivity contribution in [1.29, 1.82) is 0 Å². The molecule has 5 nitrogen and oxygen atoms in total. The van der Waals surface area contributed by atoms with E-state index in [1.807, 2.05) is 20.9 Å². The monoisotopic (exact) mass is 318 g/mol. The maximum atomic E-state index is 12.5. The molecule has 1 aliphatic rings. The van der Waals surface area contributed by atoms with Crippen molar-refractivity contribution in [1.82, 2.24) is 10.0 Å². The molecule has 1 aromatic rings. The highest BCUT2D eigenvalue weighted by Crippen LogP contribution is 2.26. The minimum Gasteiger partial charge on any atom is -0.378 e. The minimum atomic E-state index is -3.43. The molecule has 0 aliphatic carbocycles. The molecule has 114 valence electrons. The Bertz CT molecular complexity index is 554. The van der Waals surface area contributed by atoms with E-state index in [-0.39, 0.29) is 12.1 Å². The van der Waals surface area contributed by atoms with Gasteiger partial charge in [-0.1, -0.05) is 0 Å². The lowest BCUT2D eigenvalue weighted by molar-refractivity contribution is 0.0173. The fourth-order valence-electron chi connectivity index (χ4n) is 2.44. The van der Waals surface area contributed by atoms with Crippen molar-refractivity contribution in [2.24, 2.45) is 0 Å². The van der Waals surface area contributed by atoms with Crippen LogP contribution in [0.2, 0.25) is 0 Å². The number of thiophene rings is 1. The van der Waals surface area contributed by atoms with Gasteiger partial charge < -0.3 is 10.1 Å². The van der Waals surface area contributed by atoms with E-state index in [1.54, 1.807) is 6.07 Å². The normalized spacial score (nSPS) is 23.9. The number of hydrogen-bond donors (Lipinski definition) is 2. The van der Waals surface area contributed by atoms with Gasteiger partial charge in [-0.05, 0) is 39.8 Å². The molecule has 2 heterocycles. The van der Waals surface area contributed by atoms with Gasteiger partial charge in [0.15, 0.2) is 0 Å². The SMILES string of the molecule is CNCc1cc(S(=O)(=O)NC2CCOC(C)C2)c(C)s1. The van der Waals surface area contributed by atoms with E-state index in [0.717, 1.165) is 22.6 Å². The van der Waals surface area contributed by atoms with Crippen molar-refractivity contribution < 1.29 is 13.2 Å². The largest absolute Gasteiger partial charge is 0.378 e. The molecule has 2 rings (SSSR count). The van der Waals surface area contributed by atoms with Crippen LogP contribution in [0.4, 0.5) is 0 Å². The predicted octanol–water partition coefficient (Wildman–Crippen LogP) is 1.62. The first kappa shape index (κ1) is 15.9. The van der Waals surface area contributed by atoms with Crippen LogP contribution in [-0.2, 0) is 21.3 Å². The summed E-state index contributed by atoms with van der Waals surface area (Å²) in [5.41, 5.74) is 0. The van der Waals surface area contributed by atoms with Crippen LogP contribution in [-0.4, -0.2) is 34.2 Å². The zero-order chi connectivity index (χ0) is 14.8. The molecule has 2 atom stereocenters. The van der Waals surface area contributed by atoms with E-state index in [4.69, 9.17) is 4.74 Å². The molecule has 2 N–H and O–H groups in total. The number of sulfonamides is 1. The van der Waals surface area contributed by atoms with Crippen molar-refractivity contribution in [2.75, 3.05) is 13.7 Å². The van der Waals surface area contributed by atoms with Gasteiger partial charge in [0.2, 0.25) is 10.0 Å². The van der Waals surface area contributed by atoms with Gasteiger partial charge in [0.1, 0.15) is 0 Å². The standard InChI is InChI=1S/C13H22N2O3S2/c1-9-6-11(4-5-18-9)15-20(16,17)13-7-12(8-14-3)19-10(13)2/h7,9,11,14-15H,4-6,8H2,1-3H3. The van der Waals surface area contributed by atoms with Crippen LogP contribution in [0.1, 0.15) is 29.5 Å². The molecule has 0 radical (unpaired) electrons. The third-order valence-corrected chi connectivity index (χ3v) is 6.20. The first-order valence-electron chi connectivity index (χ1n) is 6.80. The van der Waals surface area contributed by atoms with Gasteiger partial charge in [-0.25, -0.2) is 13.1 Å². The molecule has 0 bridgehead atoms. The Morgan fingerprint density at radius 1 is 1.50 bits per heavy atom. The molecule has 1 aromatic heterocycles. The van der Waals surface area contributed by atoms with Crippen LogP contribution in [0, 0.1) is 6.92 Å². The summed E-state index contributed by atoms with van der Waals surface area (Å²) >= 11 is 1.52. The molecule has 2 unspecified atom stereocenters. The summed E-state index contributed by atoms with van der Waals surface area (Å²) in [6.45, 7) is 5.13. The van der Waals surface area contributed by atoms with E-state index in [0.29, 0.717) is 18.0 Å². The lowest BCUT2D eigenvalue weighted by Crippen LogP contribution is -2.41. The summed E-state index contributed by atoms with van der Waals surface area (Å²) in [7, 11) is -1.58. The van der Waals surface area contributed by atoms with Gasteiger partial charge in [-0.3, -0.25) is 0 Å². The third-order valence-electron chi connectivity index (χ3n) is 3.37. The number of rotatable bonds is 5. The molecule has 0 aromatic carbocycles. The Balaban J connectivity index is 2.13. The number of nitrogens with one attached hydrogen (secondary N) is 2. The van der Waals surface area contributed by atoms with Crippen molar-refractivity contribution in [2.45, 2.75) is 50.3 Å². The lowest BCUT2D eigenvalue weighted by Gasteiger charge is -2.27.